The van der Waals surface area contributed by atoms with Crippen LogP contribution in [0.15, 0.2) is 42.5 Å². The van der Waals surface area contributed by atoms with Crippen molar-refractivity contribution in [3.05, 3.63) is 48.0 Å². The molecule has 3 rings (SSSR count). The molecular formula is C18H23NO. The molecule has 0 aromatic heterocycles. The quantitative estimate of drug-likeness (QED) is 0.917. The van der Waals surface area contributed by atoms with E-state index in [1.54, 1.807) is 0 Å². The molecule has 1 aliphatic heterocycles. The van der Waals surface area contributed by atoms with E-state index < -0.39 is 6.10 Å². The van der Waals surface area contributed by atoms with Crippen LogP contribution in [0.25, 0.3) is 10.8 Å². The van der Waals surface area contributed by atoms with Gasteiger partial charge in [-0.05, 0) is 62.2 Å². The maximum Gasteiger partial charge on any atom is 0.0968 e. The van der Waals surface area contributed by atoms with Gasteiger partial charge in [-0.25, -0.2) is 0 Å². The minimum atomic E-state index is -0.454. The Kier molecular flexibility index (Phi) is 3.53. The highest BCUT2D eigenvalue weighted by Crippen LogP contribution is 2.34. The molecule has 1 saturated heterocycles. The first-order valence-corrected chi connectivity index (χ1v) is 7.51. The summed E-state index contributed by atoms with van der Waals surface area (Å²) < 4.78 is 0. The lowest BCUT2D eigenvalue weighted by Crippen LogP contribution is -2.46. The Balaban J connectivity index is 1.92. The second kappa shape index (κ2) is 5.19. The van der Waals surface area contributed by atoms with Crippen LogP contribution in [0.3, 0.4) is 0 Å². The maximum atomic E-state index is 10.8. The lowest BCUT2D eigenvalue weighted by atomic mass is 9.88. The average molecular weight is 269 g/mol. The van der Waals surface area contributed by atoms with Gasteiger partial charge in [0.2, 0.25) is 0 Å². The van der Waals surface area contributed by atoms with Gasteiger partial charge < -0.3 is 5.11 Å². The van der Waals surface area contributed by atoms with E-state index in [0.717, 1.165) is 18.7 Å². The summed E-state index contributed by atoms with van der Waals surface area (Å²) in [5, 5.41) is 13.2. The van der Waals surface area contributed by atoms with Gasteiger partial charge in [-0.15, -0.1) is 0 Å². The Morgan fingerprint density at radius 3 is 2.35 bits per heavy atom. The Morgan fingerprint density at radius 2 is 1.65 bits per heavy atom. The Hall–Kier alpha value is -1.38. The lowest BCUT2D eigenvalue weighted by Gasteiger charge is -2.39. The van der Waals surface area contributed by atoms with Crippen LogP contribution in [0.4, 0.5) is 0 Å². The van der Waals surface area contributed by atoms with Crippen molar-refractivity contribution in [2.75, 3.05) is 13.1 Å². The third kappa shape index (κ3) is 2.34. The van der Waals surface area contributed by atoms with E-state index in [1.807, 2.05) is 12.1 Å². The van der Waals surface area contributed by atoms with Crippen molar-refractivity contribution in [3.8, 4) is 0 Å². The van der Waals surface area contributed by atoms with Gasteiger partial charge >= 0.3 is 0 Å². The second-order valence-corrected chi connectivity index (χ2v) is 6.36. The molecule has 1 atom stereocenters. The van der Waals surface area contributed by atoms with E-state index in [0.29, 0.717) is 0 Å². The Bertz CT molecular complexity index is 599. The monoisotopic (exact) mass is 269 g/mol. The summed E-state index contributed by atoms with van der Waals surface area (Å²) in [6.45, 7) is 6.49. The number of nitrogens with zero attached hydrogens (tertiary/aromatic N) is 1. The molecule has 2 aromatic carbocycles. The van der Waals surface area contributed by atoms with Crippen LogP contribution in [0.2, 0.25) is 0 Å². The zero-order valence-electron chi connectivity index (χ0n) is 12.3. The van der Waals surface area contributed by atoms with Crippen LogP contribution >= 0.6 is 0 Å². The average Bonchev–Trinajstić information content (AvgIpc) is 3.01. The first-order valence-electron chi connectivity index (χ1n) is 7.51. The van der Waals surface area contributed by atoms with Gasteiger partial charge in [-0.3, -0.25) is 4.90 Å². The van der Waals surface area contributed by atoms with E-state index in [1.165, 1.54) is 23.6 Å². The van der Waals surface area contributed by atoms with Crippen molar-refractivity contribution in [1.82, 2.24) is 4.90 Å². The highest BCUT2D eigenvalue weighted by atomic mass is 16.3. The molecule has 2 nitrogen and oxygen atoms in total. The fourth-order valence-corrected chi connectivity index (χ4v) is 3.25. The minimum Gasteiger partial charge on any atom is -0.386 e. The molecule has 2 heteroatoms. The zero-order chi connectivity index (χ0) is 14.2. The highest BCUT2D eigenvalue weighted by Gasteiger charge is 2.36. The fourth-order valence-electron chi connectivity index (χ4n) is 3.25. The summed E-state index contributed by atoms with van der Waals surface area (Å²) in [6, 6.07) is 14.6. The normalized spacial score (nSPS) is 18.6. The number of benzene rings is 2. The number of hydrogen-bond donors (Lipinski definition) is 1. The third-order valence-corrected chi connectivity index (χ3v) is 4.68. The number of likely N-dealkylation sites (tertiary alicyclic amines) is 1. The van der Waals surface area contributed by atoms with Crippen molar-refractivity contribution >= 4 is 10.8 Å². The van der Waals surface area contributed by atoms with Crippen molar-refractivity contribution in [3.63, 3.8) is 0 Å². The van der Waals surface area contributed by atoms with Gasteiger partial charge in [0.25, 0.3) is 0 Å². The van der Waals surface area contributed by atoms with Crippen LogP contribution in [-0.2, 0) is 0 Å². The SMILES string of the molecule is CC(C)(C(O)c1ccc2ccccc2c1)N1CCCC1. The predicted octanol–water partition coefficient (Wildman–Crippen LogP) is 3.75. The summed E-state index contributed by atoms with van der Waals surface area (Å²) in [6.07, 6.45) is 2.03. The van der Waals surface area contributed by atoms with Gasteiger partial charge in [0.05, 0.1) is 6.10 Å². The van der Waals surface area contributed by atoms with Crippen molar-refractivity contribution < 1.29 is 5.11 Å². The molecule has 1 N–H and O–H groups in total. The smallest absolute Gasteiger partial charge is 0.0968 e. The third-order valence-electron chi connectivity index (χ3n) is 4.68. The number of hydrogen-bond acceptors (Lipinski definition) is 2. The van der Waals surface area contributed by atoms with Gasteiger partial charge in [0.1, 0.15) is 0 Å². The lowest BCUT2D eigenvalue weighted by molar-refractivity contribution is 0.00140. The number of aliphatic hydroxyl groups excluding tert-OH is 1. The molecule has 20 heavy (non-hydrogen) atoms. The number of fused-ring (bicyclic) bond motifs is 1. The van der Waals surface area contributed by atoms with Gasteiger partial charge in [-0.2, -0.15) is 0 Å². The van der Waals surface area contributed by atoms with E-state index in [-0.39, 0.29) is 5.54 Å². The van der Waals surface area contributed by atoms with Crippen LogP contribution in [-0.4, -0.2) is 28.6 Å². The van der Waals surface area contributed by atoms with Crippen LogP contribution in [0, 0.1) is 0 Å². The minimum absolute atomic E-state index is 0.209. The van der Waals surface area contributed by atoms with Crippen LogP contribution in [0.5, 0.6) is 0 Å². The summed E-state index contributed by atoms with van der Waals surface area (Å²) in [4.78, 5) is 2.41. The molecule has 0 radical (unpaired) electrons. The first kappa shape index (κ1) is 13.6. The molecule has 2 aromatic rings. The van der Waals surface area contributed by atoms with Crippen LogP contribution in [0.1, 0.15) is 38.4 Å². The molecule has 0 aliphatic carbocycles. The molecule has 106 valence electrons. The maximum absolute atomic E-state index is 10.8. The second-order valence-electron chi connectivity index (χ2n) is 6.36. The van der Waals surface area contributed by atoms with Crippen molar-refractivity contribution in [1.29, 1.82) is 0 Å². The molecule has 0 saturated carbocycles. The van der Waals surface area contributed by atoms with E-state index in [4.69, 9.17) is 0 Å². The van der Waals surface area contributed by atoms with Gasteiger partial charge in [0.15, 0.2) is 0 Å². The molecule has 0 spiro atoms. The van der Waals surface area contributed by atoms with Gasteiger partial charge in [0, 0.05) is 5.54 Å². The molecule has 0 bridgehead atoms. The molecule has 1 aliphatic rings. The summed E-state index contributed by atoms with van der Waals surface area (Å²) in [7, 11) is 0. The standard InChI is InChI=1S/C18H23NO/c1-18(2,19-11-5-6-12-19)17(20)16-10-9-14-7-3-4-8-15(14)13-16/h3-4,7-10,13,17,20H,5-6,11-12H2,1-2H3. The van der Waals surface area contributed by atoms with Crippen LogP contribution < -0.4 is 0 Å². The number of aliphatic hydroxyl groups is 1. The molecule has 0 amide bonds. The predicted molar refractivity (Wildman–Crippen MR) is 83.8 cm³/mol. The summed E-state index contributed by atoms with van der Waals surface area (Å²) in [5.74, 6) is 0. The summed E-state index contributed by atoms with van der Waals surface area (Å²) >= 11 is 0. The van der Waals surface area contributed by atoms with E-state index in [9.17, 15) is 5.11 Å². The highest BCUT2D eigenvalue weighted by molar-refractivity contribution is 5.83. The first-order chi connectivity index (χ1) is 9.59. The Labute approximate surface area is 121 Å². The fraction of sp³-hybridized carbons (Fsp3) is 0.444. The van der Waals surface area contributed by atoms with E-state index >= 15 is 0 Å². The molecule has 1 fully saturated rings. The van der Waals surface area contributed by atoms with E-state index in [2.05, 4.69) is 49.1 Å². The molecule has 1 unspecified atom stereocenters. The summed E-state index contributed by atoms with van der Waals surface area (Å²) in [5.41, 5.74) is 0.805. The van der Waals surface area contributed by atoms with Crippen molar-refractivity contribution in [2.24, 2.45) is 0 Å². The van der Waals surface area contributed by atoms with Crippen molar-refractivity contribution in [2.45, 2.75) is 38.3 Å². The van der Waals surface area contributed by atoms with Gasteiger partial charge in [-0.1, -0.05) is 36.4 Å². The molecular weight excluding hydrogens is 246 g/mol. The topological polar surface area (TPSA) is 23.5 Å². The molecule has 1 heterocycles. The number of rotatable bonds is 3. The largest absolute Gasteiger partial charge is 0.386 e. The Morgan fingerprint density at radius 1 is 1.00 bits per heavy atom. The zero-order valence-corrected chi connectivity index (χ0v) is 12.3.